The Bertz CT molecular complexity index is 3630. The Kier molecular flexibility index (Phi) is 7.74. The summed E-state index contributed by atoms with van der Waals surface area (Å²) in [5.41, 5.74) is 24.6. The van der Waals surface area contributed by atoms with Gasteiger partial charge in [-0.1, -0.05) is 206 Å². The normalized spacial score (nSPS) is 13.9. The van der Waals surface area contributed by atoms with Crippen LogP contribution in [0.15, 0.2) is 194 Å². The van der Waals surface area contributed by atoms with Crippen LogP contribution in [0, 0.1) is 0 Å². The van der Waals surface area contributed by atoms with Crippen molar-refractivity contribution in [2.24, 2.45) is 0 Å². The molecule has 0 heteroatoms. The lowest BCUT2D eigenvalue weighted by molar-refractivity contribution is 1.08. The van der Waals surface area contributed by atoms with E-state index < -0.39 is 0 Å². The van der Waals surface area contributed by atoms with Crippen molar-refractivity contribution in [1.29, 1.82) is 0 Å². The van der Waals surface area contributed by atoms with Gasteiger partial charge in [0.1, 0.15) is 0 Å². The minimum Gasteiger partial charge on any atom is -0.0757 e. The second kappa shape index (κ2) is 13.9. The lowest BCUT2D eigenvalue weighted by Gasteiger charge is -2.21. The highest BCUT2D eigenvalue weighted by Gasteiger charge is 2.34. The summed E-state index contributed by atoms with van der Waals surface area (Å²) in [6.07, 6.45) is 9.20. The van der Waals surface area contributed by atoms with Crippen molar-refractivity contribution >= 4 is 44.8 Å². The van der Waals surface area contributed by atoms with E-state index in [1.54, 1.807) is 0 Å². The first-order valence-electron chi connectivity index (χ1n) is 23.0. The first kappa shape index (κ1) is 35.8. The molecule has 0 radical (unpaired) electrons. The molecule has 0 spiro atoms. The molecule has 0 saturated carbocycles. The second-order valence-electron chi connectivity index (χ2n) is 17.9. The number of benzene rings is 10. The molecule has 298 valence electrons. The third-order valence-electron chi connectivity index (χ3n) is 14.7. The molecule has 0 fully saturated rings. The van der Waals surface area contributed by atoms with Gasteiger partial charge in [0.05, 0.1) is 0 Å². The van der Waals surface area contributed by atoms with Gasteiger partial charge in [-0.15, -0.1) is 0 Å². The Labute approximate surface area is 372 Å². The molecule has 0 amide bonds. The van der Waals surface area contributed by atoms with Gasteiger partial charge in [0, 0.05) is 0 Å². The SMILES string of the molecule is C1=c2c(-c3ccc4c5c3=CCCC=5c3c-4c(-c4ccccc4)c4ccccc4c3-c3ccccc3)ccc3c2=C(CC1)c1c-3c(-c2ccccc2)c2ccccc2c1-c1ccccc1. The van der Waals surface area contributed by atoms with Crippen molar-refractivity contribution in [3.63, 3.8) is 0 Å². The maximum Gasteiger partial charge on any atom is -0.00108 e. The maximum atomic E-state index is 2.56. The van der Waals surface area contributed by atoms with E-state index in [0.29, 0.717) is 0 Å². The summed E-state index contributed by atoms with van der Waals surface area (Å²) in [5, 5.41) is 10.9. The first-order chi connectivity index (χ1) is 31.8. The molecule has 0 N–H and O–H groups in total. The van der Waals surface area contributed by atoms with Crippen LogP contribution < -0.4 is 20.9 Å². The van der Waals surface area contributed by atoms with E-state index in [9.17, 15) is 0 Å². The minimum absolute atomic E-state index is 1.01. The molecule has 0 atom stereocenters. The smallest absolute Gasteiger partial charge is 0.00108 e. The molecular weight excluding hydrogens is 769 g/mol. The molecule has 4 aliphatic rings. The van der Waals surface area contributed by atoms with Crippen LogP contribution in [0.2, 0.25) is 0 Å². The van der Waals surface area contributed by atoms with Gasteiger partial charge in [-0.25, -0.2) is 0 Å². The predicted molar refractivity (Wildman–Crippen MR) is 270 cm³/mol. The van der Waals surface area contributed by atoms with Crippen LogP contribution in [-0.2, 0) is 0 Å². The molecule has 10 aromatic carbocycles. The van der Waals surface area contributed by atoms with Gasteiger partial charge in [-0.05, 0) is 168 Å². The van der Waals surface area contributed by atoms with E-state index in [1.165, 1.54) is 143 Å². The Hall–Kier alpha value is -7.80. The molecule has 0 nitrogen and oxygen atoms in total. The van der Waals surface area contributed by atoms with Gasteiger partial charge in [-0.3, -0.25) is 0 Å². The van der Waals surface area contributed by atoms with E-state index >= 15 is 0 Å². The highest BCUT2D eigenvalue weighted by molar-refractivity contribution is 6.20. The molecule has 10 aromatic rings. The van der Waals surface area contributed by atoms with Crippen molar-refractivity contribution in [2.45, 2.75) is 25.7 Å². The average Bonchev–Trinajstić information content (AvgIpc) is 3.88. The molecule has 0 bridgehead atoms. The molecular formula is C64H42. The lowest BCUT2D eigenvalue weighted by Crippen LogP contribution is -2.36. The third kappa shape index (κ3) is 4.94. The highest BCUT2D eigenvalue weighted by atomic mass is 14.4. The van der Waals surface area contributed by atoms with Crippen LogP contribution in [0.5, 0.6) is 0 Å². The summed E-state index contributed by atoms with van der Waals surface area (Å²) in [6, 6.07) is 72.7. The van der Waals surface area contributed by atoms with Crippen molar-refractivity contribution in [3.05, 3.63) is 226 Å². The van der Waals surface area contributed by atoms with Crippen molar-refractivity contribution in [1.82, 2.24) is 0 Å². The Morgan fingerprint density at radius 1 is 0.234 bits per heavy atom. The topological polar surface area (TPSA) is 0 Å². The summed E-state index contributed by atoms with van der Waals surface area (Å²) < 4.78 is 0. The van der Waals surface area contributed by atoms with Gasteiger partial charge in [0.2, 0.25) is 0 Å². The minimum atomic E-state index is 1.01. The van der Waals surface area contributed by atoms with Crippen LogP contribution in [0.1, 0.15) is 36.8 Å². The number of hydrogen-bond donors (Lipinski definition) is 0. The zero-order chi connectivity index (χ0) is 41.9. The second-order valence-corrected chi connectivity index (χ2v) is 17.9. The first-order valence-corrected chi connectivity index (χ1v) is 23.0. The fourth-order valence-corrected chi connectivity index (χ4v) is 12.3. The fourth-order valence-electron chi connectivity index (χ4n) is 12.3. The Morgan fingerprint density at radius 2 is 0.516 bits per heavy atom. The van der Waals surface area contributed by atoms with Gasteiger partial charge in [0.15, 0.2) is 0 Å². The largest absolute Gasteiger partial charge is 0.0757 e. The summed E-state index contributed by atoms with van der Waals surface area (Å²) >= 11 is 0. The number of hydrogen-bond acceptors (Lipinski definition) is 0. The van der Waals surface area contributed by atoms with E-state index in [1.807, 2.05) is 0 Å². The summed E-state index contributed by atoms with van der Waals surface area (Å²) in [4.78, 5) is 0. The molecule has 0 saturated heterocycles. The van der Waals surface area contributed by atoms with Crippen LogP contribution in [0.4, 0.5) is 0 Å². The summed E-state index contributed by atoms with van der Waals surface area (Å²) in [7, 11) is 0. The van der Waals surface area contributed by atoms with E-state index in [-0.39, 0.29) is 0 Å². The van der Waals surface area contributed by atoms with Gasteiger partial charge < -0.3 is 0 Å². The van der Waals surface area contributed by atoms with E-state index in [0.717, 1.165) is 25.7 Å². The summed E-state index contributed by atoms with van der Waals surface area (Å²) in [6.45, 7) is 0. The molecule has 64 heavy (non-hydrogen) atoms. The van der Waals surface area contributed by atoms with E-state index in [4.69, 9.17) is 0 Å². The Morgan fingerprint density at radius 3 is 0.844 bits per heavy atom. The quantitative estimate of drug-likeness (QED) is 0.162. The lowest BCUT2D eigenvalue weighted by atomic mass is 9.81. The highest BCUT2D eigenvalue weighted by Crippen LogP contribution is 2.53. The zero-order valence-electron chi connectivity index (χ0n) is 35.5. The zero-order valence-corrected chi connectivity index (χ0v) is 35.5. The van der Waals surface area contributed by atoms with Gasteiger partial charge in [-0.2, -0.15) is 0 Å². The molecule has 0 aliphatic heterocycles. The molecule has 0 aromatic heterocycles. The van der Waals surface area contributed by atoms with Crippen LogP contribution in [0.3, 0.4) is 0 Å². The standard InChI is InChI=1S/C64H42/c1-5-19-39(20-6-1)55-47-27-13-15-29-49(47)57(41-23-9-3-10-24-41)63-53-37-35-43(45-31-17-33-51(59(45)53)61(55)63)44-36-38-54-60-46(44)32-18-34-52(60)62-56(40-21-7-2-8-22-40)48-28-14-16-30-50(48)58(64(54)62)42-25-11-4-12-26-42/h1-16,19-32,35-38H,17-18,33-34H2. The van der Waals surface area contributed by atoms with Gasteiger partial charge in [0.25, 0.3) is 0 Å². The fraction of sp³-hybridized carbons (Fsp3) is 0.0625. The average molecular weight is 811 g/mol. The van der Waals surface area contributed by atoms with E-state index in [2.05, 4.69) is 206 Å². The van der Waals surface area contributed by atoms with Crippen LogP contribution in [0.25, 0.3) is 123 Å². The molecule has 14 rings (SSSR count). The van der Waals surface area contributed by atoms with Crippen LogP contribution in [-0.4, -0.2) is 0 Å². The predicted octanol–water partition coefficient (Wildman–Crippen LogP) is 13.8. The third-order valence-corrected chi connectivity index (χ3v) is 14.7. The summed E-state index contributed by atoms with van der Waals surface area (Å²) in [5.74, 6) is 0. The maximum absolute atomic E-state index is 2.56. The molecule has 0 unspecified atom stereocenters. The van der Waals surface area contributed by atoms with Crippen molar-refractivity contribution in [3.8, 4) is 77.9 Å². The Balaban J connectivity index is 1.08. The molecule has 4 aliphatic carbocycles. The number of rotatable bonds is 5. The van der Waals surface area contributed by atoms with Crippen molar-refractivity contribution < 1.29 is 0 Å². The monoisotopic (exact) mass is 810 g/mol. The van der Waals surface area contributed by atoms with Crippen LogP contribution >= 0.6 is 0 Å². The van der Waals surface area contributed by atoms with Gasteiger partial charge >= 0.3 is 0 Å². The number of fused-ring (bicyclic) bond motifs is 8. The molecule has 0 heterocycles. The van der Waals surface area contributed by atoms with Crippen molar-refractivity contribution in [2.75, 3.05) is 0 Å².